The molecule has 0 saturated carbocycles. The highest BCUT2D eigenvalue weighted by Gasteiger charge is 2.20. The number of aromatic nitrogens is 4. The zero-order valence-corrected chi connectivity index (χ0v) is 31.0. The zero-order valence-electron chi connectivity index (χ0n) is 30.2. The van der Waals surface area contributed by atoms with Crippen LogP contribution in [0, 0.1) is 0 Å². The van der Waals surface area contributed by atoms with Crippen molar-refractivity contribution in [2.45, 2.75) is 0 Å². The summed E-state index contributed by atoms with van der Waals surface area (Å²) in [4.78, 5) is 15.3. The van der Waals surface area contributed by atoms with Crippen LogP contribution in [0.3, 0.4) is 0 Å². The summed E-state index contributed by atoms with van der Waals surface area (Å²) in [6, 6.07) is 68.5. The van der Waals surface area contributed by atoms with E-state index in [1.807, 2.05) is 78.1 Å². The van der Waals surface area contributed by atoms with Crippen molar-refractivity contribution < 1.29 is 0 Å². The van der Waals surface area contributed by atoms with Gasteiger partial charge in [0.25, 0.3) is 0 Å². The van der Waals surface area contributed by atoms with Crippen LogP contribution in [0.2, 0.25) is 0 Å². The normalized spacial score (nSPS) is 11.6. The van der Waals surface area contributed by atoms with Crippen LogP contribution in [-0.4, -0.2) is 19.5 Å². The number of fused-ring (bicyclic) bond motifs is 7. The van der Waals surface area contributed by atoms with Gasteiger partial charge in [-0.25, -0.2) is 15.0 Å². The van der Waals surface area contributed by atoms with E-state index >= 15 is 0 Å². The van der Waals surface area contributed by atoms with Crippen molar-refractivity contribution in [1.82, 2.24) is 19.5 Å². The van der Waals surface area contributed by atoms with Gasteiger partial charge in [0.1, 0.15) is 0 Å². The quantitative estimate of drug-likeness (QED) is 0.171. The Morgan fingerprint density at radius 2 is 0.946 bits per heavy atom. The van der Waals surface area contributed by atoms with Crippen LogP contribution in [0.1, 0.15) is 0 Å². The van der Waals surface area contributed by atoms with Crippen molar-refractivity contribution in [3.8, 4) is 62.1 Å². The maximum Gasteiger partial charge on any atom is 0.164 e. The van der Waals surface area contributed by atoms with Crippen LogP contribution in [-0.2, 0) is 0 Å². The first-order valence-electron chi connectivity index (χ1n) is 18.8. The van der Waals surface area contributed by atoms with Crippen molar-refractivity contribution in [1.29, 1.82) is 0 Å². The van der Waals surface area contributed by atoms with E-state index in [1.165, 1.54) is 42.0 Å². The van der Waals surface area contributed by atoms with Crippen molar-refractivity contribution in [3.63, 3.8) is 0 Å². The lowest BCUT2D eigenvalue weighted by Crippen LogP contribution is -2.01. The third-order valence-electron chi connectivity index (χ3n) is 10.7. The number of nitrogens with zero attached hydrogens (tertiary/aromatic N) is 4. The summed E-state index contributed by atoms with van der Waals surface area (Å²) in [6.07, 6.45) is 0. The molecule has 3 aromatic heterocycles. The minimum atomic E-state index is 0.629. The third-order valence-corrected chi connectivity index (χ3v) is 11.9. The molecule has 3 heterocycles. The molecule has 0 N–H and O–H groups in total. The summed E-state index contributed by atoms with van der Waals surface area (Å²) >= 11 is 1.88. The van der Waals surface area contributed by atoms with Crippen LogP contribution in [0.15, 0.2) is 194 Å². The lowest BCUT2D eigenvalue weighted by Gasteiger charge is -2.15. The van der Waals surface area contributed by atoms with E-state index in [-0.39, 0.29) is 0 Å². The molecular formula is C51H32N4S. The Morgan fingerprint density at radius 1 is 0.357 bits per heavy atom. The van der Waals surface area contributed by atoms with Gasteiger partial charge in [-0.15, -0.1) is 11.3 Å². The average Bonchev–Trinajstić information content (AvgIpc) is 3.83. The van der Waals surface area contributed by atoms with Crippen molar-refractivity contribution >= 4 is 53.3 Å². The van der Waals surface area contributed by atoms with Gasteiger partial charge in [0, 0.05) is 53.3 Å². The van der Waals surface area contributed by atoms with E-state index < -0.39 is 0 Å². The number of benzene rings is 8. The van der Waals surface area contributed by atoms with E-state index in [0.717, 1.165) is 44.6 Å². The number of thiophene rings is 1. The van der Waals surface area contributed by atoms with Gasteiger partial charge in [-0.3, -0.25) is 0 Å². The van der Waals surface area contributed by atoms with Gasteiger partial charge in [-0.1, -0.05) is 158 Å². The van der Waals surface area contributed by atoms with E-state index in [0.29, 0.717) is 17.5 Å². The average molecular weight is 733 g/mol. The molecule has 0 bridgehead atoms. The standard InChI is InChI=1S/C51H32N4S/c1-4-15-33(16-5-1)39-28-27-37(32-43(39)51-53-49(34-17-6-2-7-18-34)52-50(54-51)35-19-8-3-9-20-35)36-21-14-22-38(31-36)55-44-25-12-10-24-42(44)47-45(55)30-29-41-40-23-11-13-26-46(40)56-48(41)47/h1-32H. The highest BCUT2D eigenvalue weighted by Crippen LogP contribution is 2.44. The second-order valence-corrected chi connectivity index (χ2v) is 15.1. The second-order valence-electron chi connectivity index (χ2n) is 14.0. The molecule has 11 rings (SSSR count). The first-order chi connectivity index (χ1) is 27.8. The molecule has 0 aliphatic rings. The first kappa shape index (κ1) is 32.2. The minimum Gasteiger partial charge on any atom is -0.309 e. The van der Waals surface area contributed by atoms with E-state index in [9.17, 15) is 0 Å². The summed E-state index contributed by atoms with van der Waals surface area (Å²) in [7, 11) is 0. The first-order valence-corrected chi connectivity index (χ1v) is 19.6. The summed E-state index contributed by atoms with van der Waals surface area (Å²) in [5, 5.41) is 5.19. The largest absolute Gasteiger partial charge is 0.309 e. The molecule has 56 heavy (non-hydrogen) atoms. The van der Waals surface area contributed by atoms with Crippen LogP contribution >= 0.6 is 11.3 Å². The van der Waals surface area contributed by atoms with Crippen LogP contribution in [0.5, 0.6) is 0 Å². The van der Waals surface area contributed by atoms with Crippen LogP contribution in [0.25, 0.3) is 104 Å². The van der Waals surface area contributed by atoms with Gasteiger partial charge in [-0.2, -0.15) is 0 Å². The fraction of sp³-hybridized carbons (Fsp3) is 0. The Kier molecular flexibility index (Phi) is 7.64. The van der Waals surface area contributed by atoms with Gasteiger partial charge in [0.05, 0.1) is 11.0 Å². The van der Waals surface area contributed by atoms with Gasteiger partial charge >= 0.3 is 0 Å². The topological polar surface area (TPSA) is 43.6 Å². The molecule has 8 aromatic carbocycles. The molecule has 0 fully saturated rings. The number of hydrogen-bond acceptors (Lipinski definition) is 4. The molecule has 0 aliphatic heterocycles. The number of hydrogen-bond donors (Lipinski definition) is 0. The Bertz CT molecular complexity index is 3180. The smallest absolute Gasteiger partial charge is 0.164 e. The predicted octanol–water partition coefficient (Wildman–Crippen LogP) is 13.7. The summed E-state index contributed by atoms with van der Waals surface area (Å²) in [6.45, 7) is 0. The molecular weight excluding hydrogens is 701 g/mol. The summed E-state index contributed by atoms with van der Waals surface area (Å²) in [5.74, 6) is 1.91. The predicted molar refractivity (Wildman–Crippen MR) is 234 cm³/mol. The van der Waals surface area contributed by atoms with E-state index in [1.54, 1.807) is 0 Å². The molecule has 262 valence electrons. The number of rotatable bonds is 6. The molecule has 0 amide bonds. The molecule has 0 radical (unpaired) electrons. The van der Waals surface area contributed by atoms with E-state index in [4.69, 9.17) is 15.0 Å². The van der Waals surface area contributed by atoms with Gasteiger partial charge in [-0.05, 0) is 58.7 Å². The SMILES string of the molecule is c1ccc(-c2nc(-c3ccccc3)nc(-c3cc(-c4cccc(-n5c6ccccc6c6c7sc8ccccc8c7ccc65)c4)ccc3-c3ccccc3)n2)cc1. The number of para-hydroxylation sites is 1. The van der Waals surface area contributed by atoms with Gasteiger partial charge in [0.15, 0.2) is 17.5 Å². The Labute approximate surface area is 327 Å². The maximum atomic E-state index is 5.16. The molecule has 4 nitrogen and oxygen atoms in total. The Balaban J connectivity index is 1.11. The third kappa shape index (κ3) is 5.40. The maximum absolute atomic E-state index is 5.16. The fourth-order valence-corrected chi connectivity index (χ4v) is 9.30. The highest BCUT2D eigenvalue weighted by atomic mass is 32.1. The molecule has 0 spiro atoms. The van der Waals surface area contributed by atoms with Crippen LogP contribution < -0.4 is 0 Å². The monoisotopic (exact) mass is 732 g/mol. The van der Waals surface area contributed by atoms with Gasteiger partial charge in [0.2, 0.25) is 0 Å². The summed E-state index contributed by atoms with van der Waals surface area (Å²) < 4.78 is 5.06. The molecule has 0 unspecified atom stereocenters. The lowest BCUT2D eigenvalue weighted by atomic mass is 9.94. The molecule has 5 heteroatoms. The van der Waals surface area contributed by atoms with E-state index in [2.05, 4.69) is 132 Å². The molecule has 11 aromatic rings. The van der Waals surface area contributed by atoms with Crippen molar-refractivity contribution in [2.24, 2.45) is 0 Å². The zero-order chi connectivity index (χ0) is 37.0. The van der Waals surface area contributed by atoms with Crippen LogP contribution in [0.4, 0.5) is 0 Å². The molecule has 0 saturated heterocycles. The Morgan fingerprint density at radius 3 is 1.68 bits per heavy atom. The Hall–Kier alpha value is -7.21. The van der Waals surface area contributed by atoms with Crippen molar-refractivity contribution in [3.05, 3.63) is 194 Å². The highest BCUT2D eigenvalue weighted by molar-refractivity contribution is 7.26. The lowest BCUT2D eigenvalue weighted by molar-refractivity contribution is 1.07. The summed E-state index contributed by atoms with van der Waals surface area (Å²) in [5.41, 5.74) is 10.7. The second kappa shape index (κ2) is 13.3. The molecule has 0 atom stereocenters. The van der Waals surface area contributed by atoms with Gasteiger partial charge < -0.3 is 4.57 Å². The minimum absolute atomic E-state index is 0.629. The molecule has 0 aliphatic carbocycles. The fourth-order valence-electron chi connectivity index (χ4n) is 8.04. The van der Waals surface area contributed by atoms with Crippen molar-refractivity contribution in [2.75, 3.05) is 0 Å².